The predicted octanol–water partition coefficient (Wildman–Crippen LogP) is 3.87. The van der Waals surface area contributed by atoms with Crippen LogP contribution in [0.3, 0.4) is 0 Å². The van der Waals surface area contributed by atoms with Crippen molar-refractivity contribution < 1.29 is 24.1 Å². The zero-order valence-electron chi connectivity index (χ0n) is 14.6. The van der Waals surface area contributed by atoms with Gasteiger partial charge in [-0.3, -0.25) is 0 Å². The normalized spacial score (nSPS) is 10.7. The predicted molar refractivity (Wildman–Crippen MR) is 96.6 cm³/mol. The SMILES string of the molecule is COc1ccc(C=CC(=O)O)cc1OCCOc1cc(C)cc(C)c1. The van der Waals surface area contributed by atoms with Crippen LogP contribution in [0.4, 0.5) is 0 Å². The summed E-state index contributed by atoms with van der Waals surface area (Å²) in [5.41, 5.74) is 3.01. The van der Waals surface area contributed by atoms with Crippen LogP contribution in [0.15, 0.2) is 42.5 Å². The van der Waals surface area contributed by atoms with Crippen molar-refractivity contribution in [3.63, 3.8) is 0 Å². The Morgan fingerprint density at radius 3 is 2.32 bits per heavy atom. The molecule has 132 valence electrons. The van der Waals surface area contributed by atoms with Crippen LogP contribution in [-0.2, 0) is 4.79 Å². The second-order valence-corrected chi connectivity index (χ2v) is 5.60. The Kier molecular flexibility index (Phi) is 6.46. The highest BCUT2D eigenvalue weighted by Crippen LogP contribution is 2.28. The molecule has 2 aromatic rings. The summed E-state index contributed by atoms with van der Waals surface area (Å²) < 4.78 is 16.7. The lowest BCUT2D eigenvalue weighted by Crippen LogP contribution is -2.09. The van der Waals surface area contributed by atoms with Gasteiger partial charge in [0.25, 0.3) is 0 Å². The van der Waals surface area contributed by atoms with Crippen molar-refractivity contribution in [3.05, 3.63) is 59.2 Å². The fraction of sp³-hybridized carbons (Fsp3) is 0.250. The molecule has 0 aromatic heterocycles. The second kappa shape index (κ2) is 8.78. The Bertz CT molecular complexity index is 744. The first-order chi connectivity index (χ1) is 12.0. The second-order valence-electron chi connectivity index (χ2n) is 5.60. The number of aliphatic carboxylic acids is 1. The van der Waals surface area contributed by atoms with E-state index in [9.17, 15) is 4.79 Å². The van der Waals surface area contributed by atoms with Crippen LogP contribution in [0.25, 0.3) is 6.08 Å². The zero-order chi connectivity index (χ0) is 18.2. The van der Waals surface area contributed by atoms with Crippen molar-refractivity contribution in [1.82, 2.24) is 0 Å². The molecule has 0 aliphatic heterocycles. The van der Waals surface area contributed by atoms with E-state index in [0.717, 1.165) is 23.0 Å². The van der Waals surface area contributed by atoms with Crippen LogP contribution in [0.5, 0.6) is 17.2 Å². The van der Waals surface area contributed by atoms with E-state index in [2.05, 4.69) is 6.07 Å². The standard InChI is InChI=1S/C20H22O5/c1-14-10-15(2)12-17(11-14)24-8-9-25-19-13-16(5-7-20(21)22)4-6-18(19)23-3/h4-7,10-13H,8-9H2,1-3H3,(H,21,22). The minimum absolute atomic E-state index is 0.343. The van der Waals surface area contributed by atoms with Crippen molar-refractivity contribution in [2.75, 3.05) is 20.3 Å². The van der Waals surface area contributed by atoms with Gasteiger partial charge in [-0.1, -0.05) is 12.1 Å². The minimum Gasteiger partial charge on any atom is -0.493 e. The summed E-state index contributed by atoms with van der Waals surface area (Å²) in [7, 11) is 1.56. The highest BCUT2D eigenvalue weighted by molar-refractivity contribution is 5.85. The summed E-state index contributed by atoms with van der Waals surface area (Å²) in [5.74, 6) is 0.935. The molecule has 2 aromatic carbocycles. The van der Waals surface area contributed by atoms with Gasteiger partial charge in [-0.05, 0) is 60.9 Å². The van der Waals surface area contributed by atoms with Gasteiger partial charge in [-0.15, -0.1) is 0 Å². The average molecular weight is 342 g/mol. The molecule has 0 amide bonds. The first kappa shape index (κ1) is 18.4. The van der Waals surface area contributed by atoms with Crippen LogP contribution in [0, 0.1) is 13.8 Å². The summed E-state index contributed by atoms with van der Waals surface area (Å²) in [6, 6.07) is 11.3. The molecule has 0 spiro atoms. The summed E-state index contributed by atoms with van der Waals surface area (Å²) in [6.07, 6.45) is 2.58. The lowest BCUT2D eigenvalue weighted by molar-refractivity contribution is -0.131. The van der Waals surface area contributed by atoms with Gasteiger partial charge in [0.1, 0.15) is 19.0 Å². The molecule has 25 heavy (non-hydrogen) atoms. The number of benzene rings is 2. The molecule has 2 rings (SSSR count). The Hall–Kier alpha value is -2.95. The smallest absolute Gasteiger partial charge is 0.328 e. The third-order valence-corrected chi connectivity index (χ3v) is 3.41. The van der Waals surface area contributed by atoms with Crippen LogP contribution < -0.4 is 14.2 Å². The molecule has 0 bridgehead atoms. The van der Waals surface area contributed by atoms with E-state index in [0.29, 0.717) is 30.3 Å². The lowest BCUT2D eigenvalue weighted by Gasteiger charge is -2.12. The quantitative estimate of drug-likeness (QED) is 0.583. The monoisotopic (exact) mass is 342 g/mol. The molecular formula is C20H22O5. The third kappa shape index (κ3) is 5.88. The van der Waals surface area contributed by atoms with Gasteiger partial charge in [-0.2, -0.15) is 0 Å². The number of carboxylic acid groups (broad SMARTS) is 1. The number of rotatable bonds is 8. The minimum atomic E-state index is -1.000. The third-order valence-electron chi connectivity index (χ3n) is 3.41. The number of ether oxygens (including phenoxy) is 3. The fourth-order valence-electron chi connectivity index (χ4n) is 2.40. The first-order valence-electron chi connectivity index (χ1n) is 7.91. The van der Waals surface area contributed by atoms with Crippen LogP contribution in [0.2, 0.25) is 0 Å². The van der Waals surface area contributed by atoms with Gasteiger partial charge < -0.3 is 19.3 Å². The Morgan fingerprint density at radius 2 is 1.68 bits per heavy atom. The average Bonchev–Trinajstić information content (AvgIpc) is 2.56. The van der Waals surface area contributed by atoms with E-state index in [1.807, 2.05) is 26.0 Å². The van der Waals surface area contributed by atoms with Gasteiger partial charge in [0, 0.05) is 6.08 Å². The number of hydrogen-bond acceptors (Lipinski definition) is 4. The number of methoxy groups -OCH3 is 1. The van der Waals surface area contributed by atoms with E-state index in [1.165, 1.54) is 6.08 Å². The topological polar surface area (TPSA) is 65.0 Å². The molecule has 0 atom stereocenters. The van der Waals surface area contributed by atoms with Crippen molar-refractivity contribution in [3.8, 4) is 17.2 Å². The van der Waals surface area contributed by atoms with E-state index in [1.54, 1.807) is 25.3 Å². The number of aryl methyl sites for hydroxylation is 2. The highest BCUT2D eigenvalue weighted by atomic mass is 16.5. The van der Waals surface area contributed by atoms with E-state index >= 15 is 0 Å². The van der Waals surface area contributed by atoms with Crippen LogP contribution >= 0.6 is 0 Å². The van der Waals surface area contributed by atoms with Gasteiger partial charge in [0.2, 0.25) is 0 Å². The summed E-state index contributed by atoms with van der Waals surface area (Å²) in [5, 5.41) is 8.71. The maximum Gasteiger partial charge on any atom is 0.328 e. The highest BCUT2D eigenvalue weighted by Gasteiger charge is 2.05. The summed E-state index contributed by atoms with van der Waals surface area (Å²) in [4.78, 5) is 10.6. The van der Waals surface area contributed by atoms with Gasteiger partial charge in [0.05, 0.1) is 7.11 Å². The molecule has 0 saturated heterocycles. The molecule has 5 heteroatoms. The van der Waals surface area contributed by atoms with Crippen molar-refractivity contribution in [2.24, 2.45) is 0 Å². The molecule has 1 N–H and O–H groups in total. The van der Waals surface area contributed by atoms with E-state index in [-0.39, 0.29) is 0 Å². The Balaban J connectivity index is 1.96. The molecule has 0 aliphatic carbocycles. The zero-order valence-corrected chi connectivity index (χ0v) is 14.6. The molecule has 0 unspecified atom stereocenters. The van der Waals surface area contributed by atoms with Crippen molar-refractivity contribution >= 4 is 12.0 Å². The van der Waals surface area contributed by atoms with Crippen molar-refractivity contribution in [1.29, 1.82) is 0 Å². The van der Waals surface area contributed by atoms with Crippen LogP contribution in [0.1, 0.15) is 16.7 Å². The lowest BCUT2D eigenvalue weighted by atomic mass is 10.1. The molecule has 5 nitrogen and oxygen atoms in total. The maximum absolute atomic E-state index is 10.6. The Morgan fingerprint density at radius 1 is 1.00 bits per heavy atom. The molecule has 0 saturated carbocycles. The van der Waals surface area contributed by atoms with Crippen LogP contribution in [-0.4, -0.2) is 31.4 Å². The van der Waals surface area contributed by atoms with Gasteiger partial charge >= 0.3 is 5.97 Å². The maximum atomic E-state index is 10.6. The molecule has 0 aliphatic rings. The number of carboxylic acids is 1. The van der Waals surface area contributed by atoms with Gasteiger partial charge in [-0.25, -0.2) is 4.79 Å². The first-order valence-corrected chi connectivity index (χ1v) is 7.91. The summed E-state index contributed by atoms with van der Waals surface area (Å²) in [6.45, 7) is 4.78. The van der Waals surface area contributed by atoms with Crippen molar-refractivity contribution in [2.45, 2.75) is 13.8 Å². The summed E-state index contributed by atoms with van der Waals surface area (Å²) >= 11 is 0. The number of hydrogen-bond donors (Lipinski definition) is 1. The fourth-order valence-corrected chi connectivity index (χ4v) is 2.40. The number of carbonyl (C=O) groups is 1. The Labute approximate surface area is 147 Å². The van der Waals surface area contributed by atoms with E-state index in [4.69, 9.17) is 19.3 Å². The molecule has 0 heterocycles. The molecular weight excluding hydrogens is 320 g/mol. The molecule has 0 radical (unpaired) electrons. The van der Waals surface area contributed by atoms with E-state index < -0.39 is 5.97 Å². The molecule has 0 fully saturated rings. The largest absolute Gasteiger partial charge is 0.493 e. The van der Waals surface area contributed by atoms with Gasteiger partial charge in [0.15, 0.2) is 11.5 Å².